The van der Waals surface area contributed by atoms with Crippen molar-refractivity contribution in [1.29, 1.82) is 0 Å². The maximum atomic E-state index is 10.3. The fourth-order valence-corrected chi connectivity index (χ4v) is 2.68. The van der Waals surface area contributed by atoms with E-state index in [4.69, 9.17) is 9.08 Å². The summed E-state index contributed by atoms with van der Waals surface area (Å²) in [5.41, 5.74) is 2.15. The Morgan fingerprint density at radius 1 is 1.05 bits per heavy atom. The van der Waals surface area contributed by atoms with Crippen LogP contribution in [0.5, 0.6) is 0 Å². The Morgan fingerprint density at radius 3 is 2.00 bits per heavy atom. The van der Waals surface area contributed by atoms with E-state index in [0.717, 1.165) is 44.9 Å². The molecular formula is C16H14NNaO3S. The summed E-state index contributed by atoms with van der Waals surface area (Å²) in [7, 11) is 0. The summed E-state index contributed by atoms with van der Waals surface area (Å²) in [6.45, 7) is 1.96. The predicted octanol–water partition coefficient (Wildman–Crippen LogP) is 2.71. The number of hydrogen-bond donors (Lipinski definition) is 1. The summed E-state index contributed by atoms with van der Waals surface area (Å²) in [4.78, 5) is 0.442. The number of rotatable bonds is 2. The molecule has 0 saturated heterocycles. The third-order valence-corrected chi connectivity index (χ3v) is 5.00. The molecule has 0 radical (unpaired) electrons. The van der Waals surface area contributed by atoms with E-state index < -0.39 is 11.1 Å². The van der Waals surface area contributed by atoms with Crippen LogP contribution in [0.25, 0.3) is 11.3 Å². The van der Waals surface area contributed by atoms with Crippen LogP contribution in [0.4, 0.5) is 0 Å². The quantitative estimate of drug-likeness (QED) is 0.582. The van der Waals surface area contributed by atoms with Crippen molar-refractivity contribution in [2.75, 3.05) is 0 Å². The van der Waals surface area contributed by atoms with Gasteiger partial charge in [0.25, 0.3) is 0 Å². The van der Waals surface area contributed by atoms with E-state index in [1.807, 2.05) is 25.1 Å². The Kier molecular flexibility index (Phi) is 6.54. The van der Waals surface area contributed by atoms with Crippen molar-refractivity contribution >= 4 is 41.8 Å². The van der Waals surface area contributed by atoms with Crippen LogP contribution in [0, 0.1) is 6.92 Å². The second kappa shape index (κ2) is 8.41. The standard InChI is InChI=1S/C10H8NO.C6H6O2S.Na/c1-8-7-10(11-12-8)9-5-3-2-4-6-9;7-9(8)6-4-2-1-3-5-6;/h2-6H,1H3;1-5H,(H,7,8);. The molecule has 6 heteroatoms. The summed E-state index contributed by atoms with van der Waals surface area (Å²) in [6.07, 6.45) is 0. The molecule has 1 atom stereocenters. The van der Waals surface area contributed by atoms with Gasteiger partial charge in [-0.3, -0.25) is 0 Å². The van der Waals surface area contributed by atoms with Gasteiger partial charge < -0.3 is 4.55 Å². The summed E-state index contributed by atoms with van der Waals surface area (Å²) in [6, 6.07) is 18.6. The molecule has 1 aromatic heterocycles. The summed E-state index contributed by atoms with van der Waals surface area (Å²) >= 11 is -0.850. The number of aromatic nitrogens is 1. The van der Waals surface area contributed by atoms with E-state index >= 15 is 0 Å². The molecular weight excluding hydrogens is 309 g/mol. The summed E-state index contributed by atoms with van der Waals surface area (Å²) < 4.78 is 25.2. The molecule has 0 amide bonds. The van der Waals surface area contributed by atoms with Crippen molar-refractivity contribution in [3.05, 3.63) is 66.4 Å². The van der Waals surface area contributed by atoms with E-state index in [1.165, 1.54) is 2.81 Å². The first-order valence-electron chi connectivity index (χ1n) is 6.74. The minimum Gasteiger partial charge on any atom is -0.302 e. The Labute approximate surface area is 149 Å². The molecule has 0 saturated carbocycles. The zero-order valence-corrected chi connectivity index (χ0v) is 15.2. The zero-order chi connectivity index (χ0) is 15.9. The molecule has 22 heavy (non-hydrogen) atoms. The average molecular weight is 323 g/mol. The molecule has 1 N–H and O–H groups in total. The number of benzene rings is 2. The van der Waals surface area contributed by atoms with Crippen LogP contribution in [0.1, 0.15) is 5.76 Å². The van der Waals surface area contributed by atoms with Gasteiger partial charge in [-0.05, 0) is 12.1 Å². The van der Waals surface area contributed by atoms with E-state index in [1.54, 1.807) is 30.3 Å². The van der Waals surface area contributed by atoms with Gasteiger partial charge in [0, 0.05) is 0 Å². The third kappa shape index (κ3) is 4.63. The second-order valence-corrected chi connectivity index (χ2v) is 6.61. The van der Waals surface area contributed by atoms with Gasteiger partial charge in [-0.25, -0.2) is 4.21 Å². The molecule has 0 aliphatic rings. The topological polar surface area (TPSA) is 63.3 Å². The Bertz CT molecular complexity index is 745. The van der Waals surface area contributed by atoms with Crippen LogP contribution in [0.3, 0.4) is 0 Å². The molecule has 108 valence electrons. The van der Waals surface area contributed by atoms with Crippen molar-refractivity contribution in [1.82, 2.24) is 5.16 Å². The van der Waals surface area contributed by atoms with Crippen molar-refractivity contribution in [3.63, 3.8) is 0 Å². The van der Waals surface area contributed by atoms with Gasteiger partial charge in [0.15, 0.2) is 11.1 Å². The monoisotopic (exact) mass is 323 g/mol. The smallest absolute Gasteiger partial charge is 0.186 e. The summed E-state index contributed by atoms with van der Waals surface area (Å²) in [5, 5.41) is 4.05. The Morgan fingerprint density at radius 2 is 1.59 bits per heavy atom. The van der Waals surface area contributed by atoms with E-state index in [-0.39, 0.29) is 0 Å². The maximum Gasteiger partial charge on any atom is 0.186 e. The van der Waals surface area contributed by atoms with Crippen molar-refractivity contribution in [3.8, 4) is 11.3 Å². The van der Waals surface area contributed by atoms with E-state index in [2.05, 4.69) is 17.3 Å². The molecule has 0 aliphatic heterocycles. The van der Waals surface area contributed by atoms with Gasteiger partial charge in [-0.2, -0.15) is 0 Å². The fourth-order valence-electron chi connectivity index (χ4n) is 1.82. The normalized spacial score (nSPS) is 11.5. The molecule has 0 fully saturated rings. The minimum atomic E-state index is -1.83. The first-order chi connectivity index (χ1) is 10.6. The van der Waals surface area contributed by atoms with Crippen molar-refractivity contribution in [2.45, 2.75) is 11.8 Å². The molecule has 2 aromatic carbocycles. The summed E-state index contributed by atoms with van der Waals surface area (Å²) in [5.74, 6) is 0.950. The third-order valence-electron chi connectivity index (χ3n) is 3.15. The van der Waals surface area contributed by atoms with E-state index in [0.29, 0.717) is 4.90 Å². The second-order valence-electron chi connectivity index (χ2n) is 4.64. The maximum absolute atomic E-state index is 10.3. The average Bonchev–Trinajstić information content (AvgIpc) is 2.89. The van der Waals surface area contributed by atoms with Crippen molar-refractivity contribution < 1.29 is 13.3 Å². The molecule has 1 heterocycles. The van der Waals surface area contributed by atoms with Gasteiger partial charge in [0.1, 0.15) is 0 Å². The van der Waals surface area contributed by atoms with Crippen molar-refractivity contribution in [2.24, 2.45) is 0 Å². The molecule has 0 aliphatic carbocycles. The van der Waals surface area contributed by atoms with Crippen LogP contribution in [-0.4, -0.2) is 41.8 Å². The molecule has 0 spiro atoms. The fraction of sp³-hybridized carbons (Fsp3) is 0.0625. The predicted molar refractivity (Wildman–Crippen MR) is 87.5 cm³/mol. The molecule has 3 rings (SSSR count). The SMILES string of the molecule is Cc1onc(-c2ccccc2)[c]1[Na].O=S(O)c1ccccc1. The minimum absolute atomic E-state index is 0.442. The van der Waals surface area contributed by atoms with E-state index in [9.17, 15) is 4.21 Å². The number of nitrogens with zero attached hydrogens (tertiary/aromatic N) is 1. The molecule has 0 bridgehead atoms. The Hall–Kier alpha value is -1.24. The Balaban J connectivity index is 0.000000172. The first kappa shape index (κ1) is 17.1. The van der Waals surface area contributed by atoms with Gasteiger partial charge in [-0.1, -0.05) is 18.2 Å². The largest absolute Gasteiger partial charge is 0.302 e. The number of aryl methyl sites for hydroxylation is 1. The van der Waals surface area contributed by atoms with Crippen LogP contribution in [-0.2, 0) is 11.1 Å². The van der Waals surface area contributed by atoms with Gasteiger partial charge in [0.2, 0.25) is 0 Å². The molecule has 1 unspecified atom stereocenters. The van der Waals surface area contributed by atoms with Crippen LogP contribution >= 0.6 is 0 Å². The first-order valence-corrected chi connectivity index (χ1v) is 8.84. The molecule has 3 aromatic rings. The van der Waals surface area contributed by atoms with Crippen LogP contribution in [0.15, 0.2) is 70.1 Å². The van der Waals surface area contributed by atoms with Crippen LogP contribution < -0.4 is 2.81 Å². The van der Waals surface area contributed by atoms with Gasteiger partial charge >= 0.3 is 94.7 Å². The number of hydrogen-bond acceptors (Lipinski definition) is 3. The van der Waals surface area contributed by atoms with Gasteiger partial charge in [-0.15, -0.1) is 0 Å². The van der Waals surface area contributed by atoms with Gasteiger partial charge in [0.05, 0.1) is 4.90 Å². The van der Waals surface area contributed by atoms with Crippen LogP contribution in [0.2, 0.25) is 0 Å². The zero-order valence-electron chi connectivity index (χ0n) is 12.4. The molecule has 4 nitrogen and oxygen atoms in total.